The highest BCUT2D eigenvalue weighted by molar-refractivity contribution is 5.98. The van der Waals surface area contributed by atoms with Crippen molar-refractivity contribution in [3.05, 3.63) is 53.1 Å². The van der Waals surface area contributed by atoms with Crippen LogP contribution in [-0.4, -0.2) is 20.1 Å². The van der Waals surface area contributed by atoms with Crippen molar-refractivity contribution in [2.24, 2.45) is 0 Å². The lowest BCUT2D eigenvalue weighted by Crippen LogP contribution is -2.31. The van der Waals surface area contributed by atoms with Crippen molar-refractivity contribution in [2.75, 3.05) is 20.0 Å². The van der Waals surface area contributed by atoms with Crippen molar-refractivity contribution in [1.29, 1.82) is 0 Å². The fraction of sp³-hybridized carbons (Fsp3) is 0.316. The molecule has 3 N–H and O–H groups in total. The van der Waals surface area contributed by atoms with Crippen molar-refractivity contribution in [2.45, 2.75) is 25.3 Å². The Kier molecular flexibility index (Phi) is 4.60. The van der Waals surface area contributed by atoms with Gasteiger partial charge in [0, 0.05) is 5.69 Å². The molecule has 2 aromatic rings. The molecule has 0 aromatic heterocycles. The van der Waals surface area contributed by atoms with Crippen LogP contribution in [0.2, 0.25) is 0 Å². The number of nitrogens with two attached hydrogens (primary N) is 1. The molecule has 24 heavy (non-hydrogen) atoms. The highest BCUT2D eigenvalue weighted by Crippen LogP contribution is 2.33. The van der Waals surface area contributed by atoms with Crippen LogP contribution in [0.15, 0.2) is 36.4 Å². The standard InChI is InChI=1S/C19H22N2O3/c1-23-17-8-4-6-15(18(17)24-2)19(22)21-16-7-3-5-12-11-13(20)9-10-14(12)16/h4,6,8-11,16H,3,5,7,20H2,1-2H3,(H,21,22). The number of hydrogen-bond donors (Lipinski definition) is 2. The first-order chi connectivity index (χ1) is 11.6. The Bertz CT molecular complexity index is 758. The van der Waals surface area contributed by atoms with E-state index in [4.69, 9.17) is 15.2 Å². The van der Waals surface area contributed by atoms with Crippen molar-refractivity contribution < 1.29 is 14.3 Å². The van der Waals surface area contributed by atoms with Gasteiger partial charge in [-0.3, -0.25) is 4.79 Å². The van der Waals surface area contributed by atoms with Gasteiger partial charge in [0.05, 0.1) is 25.8 Å². The second kappa shape index (κ2) is 6.83. The number of nitrogens with one attached hydrogen (secondary N) is 1. The van der Waals surface area contributed by atoms with Gasteiger partial charge >= 0.3 is 0 Å². The van der Waals surface area contributed by atoms with Crippen molar-refractivity contribution in [1.82, 2.24) is 5.32 Å². The van der Waals surface area contributed by atoms with E-state index in [0.717, 1.165) is 30.5 Å². The van der Waals surface area contributed by atoms with Gasteiger partial charge in [-0.1, -0.05) is 12.1 Å². The van der Waals surface area contributed by atoms with E-state index in [2.05, 4.69) is 5.32 Å². The van der Waals surface area contributed by atoms with E-state index in [1.807, 2.05) is 18.2 Å². The number of carbonyl (C=O) groups excluding carboxylic acids is 1. The van der Waals surface area contributed by atoms with E-state index in [0.29, 0.717) is 17.1 Å². The third-order valence-corrected chi connectivity index (χ3v) is 4.43. The highest BCUT2D eigenvalue weighted by atomic mass is 16.5. The summed E-state index contributed by atoms with van der Waals surface area (Å²) < 4.78 is 10.6. The Morgan fingerprint density at radius 1 is 1.21 bits per heavy atom. The summed E-state index contributed by atoms with van der Waals surface area (Å²) >= 11 is 0. The van der Waals surface area contributed by atoms with Crippen LogP contribution in [0.1, 0.15) is 40.4 Å². The normalized spacial score (nSPS) is 16.2. The van der Waals surface area contributed by atoms with Crippen LogP contribution in [0.5, 0.6) is 11.5 Å². The van der Waals surface area contributed by atoms with E-state index in [1.54, 1.807) is 25.3 Å². The number of anilines is 1. The van der Waals surface area contributed by atoms with E-state index in [9.17, 15) is 4.79 Å². The molecule has 5 heteroatoms. The number of hydrogen-bond acceptors (Lipinski definition) is 4. The van der Waals surface area contributed by atoms with Crippen molar-refractivity contribution in [3.8, 4) is 11.5 Å². The summed E-state index contributed by atoms with van der Waals surface area (Å²) in [6, 6.07) is 11.2. The molecule has 0 saturated carbocycles. The van der Waals surface area contributed by atoms with Gasteiger partial charge < -0.3 is 20.5 Å². The summed E-state index contributed by atoms with van der Waals surface area (Å²) in [5.74, 6) is 0.827. The molecule has 0 radical (unpaired) electrons. The molecule has 0 heterocycles. The molecule has 0 fully saturated rings. The average Bonchev–Trinajstić information content (AvgIpc) is 2.60. The highest BCUT2D eigenvalue weighted by Gasteiger charge is 2.24. The lowest BCUT2D eigenvalue weighted by Gasteiger charge is -2.27. The second-order valence-corrected chi connectivity index (χ2v) is 5.92. The lowest BCUT2D eigenvalue weighted by atomic mass is 9.87. The minimum atomic E-state index is -0.166. The Hall–Kier alpha value is -2.69. The number of rotatable bonds is 4. The van der Waals surface area contributed by atoms with Gasteiger partial charge in [-0.25, -0.2) is 0 Å². The van der Waals surface area contributed by atoms with Crippen molar-refractivity contribution >= 4 is 11.6 Å². The SMILES string of the molecule is COc1cccc(C(=O)NC2CCCc3cc(N)ccc32)c1OC. The number of fused-ring (bicyclic) bond motifs is 1. The monoisotopic (exact) mass is 326 g/mol. The lowest BCUT2D eigenvalue weighted by molar-refractivity contribution is 0.0929. The molecular formula is C19H22N2O3. The molecule has 1 aliphatic carbocycles. The second-order valence-electron chi connectivity index (χ2n) is 5.92. The molecule has 0 spiro atoms. The fourth-order valence-corrected chi connectivity index (χ4v) is 3.29. The Labute approximate surface area is 141 Å². The summed E-state index contributed by atoms with van der Waals surface area (Å²) in [7, 11) is 3.09. The number of para-hydroxylation sites is 1. The zero-order valence-electron chi connectivity index (χ0n) is 14.0. The molecule has 1 aliphatic rings. The summed E-state index contributed by atoms with van der Waals surface area (Å²) in [6.07, 6.45) is 2.93. The minimum Gasteiger partial charge on any atom is -0.493 e. The number of benzene rings is 2. The first-order valence-electron chi connectivity index (χ1n) is 8.04. The third-order valence-electron chi connectivity index (χ3n) is 4.43. The molecule has 0 aliphatic heterocycles. The molecule has 1 amide bonds. The molecular weight excluding hydrogens is 304 g/mol. The summed E-state index contributed by atoms with van der Waals surface area (Å²) in [5, 5.41) is 3.12. The number of nitrogen functional groups attached to an aromatic ring is 1. The Balaban J connectivity index is 1.87. The van der Waals surface area contributed by atoms with Crippen LogP contribution >= 0.6 is 0 Å². The topological polar surface area (TPSA) is 73.6 Å². The molecule has 0 bridgehead atoms. The van der Waals surface area contributed by atoms with Gasteiger partial charge in [-0.15, -0.1) is 0 Å². The van der Waals surface area contributed by atoms with Crippen LogP contribution in [0.4, 0.5) is 5.69 Å². The number of ether oxygens (including phenoxy) is 2. The summed E-state index contributed by atoms with van der Waals surface area (Å²) in [4.78, 5) is 12.8. The largest absolute Gasteiger partial charge is 0.493 e. The van der Waals surface area contributed by atoms with Gasteiger partial charge in [0.2, 0.25) is 0 Å². The van der Waals surface area contributed by atoms with Crippen LogP contribution in [0.3, 0.4) is 0 Å². The predicted molar refractivity (Wildman–Crippen MR) is 93.5 cm³/mol. The Morgan fingerprint density at radius 3 is 2.79 bits per heavy atom. The first kappa shape index (κ1) is 16.2. The molecule has 0 saturated heterocycles. The van der Waals surface area contributed by atoms with E-state index >= 15 is 0 Å². The molecule has 1 unspecified atom stereocenters. The quantitative estimate of drug-likeness (QED) is 0.847. The summed E-state index contributed by atoms with van der Waals surface area (Å²) in [5.41, 5.74) is 9.46. The Morgan fingerprint density at radius 2 is 2.04 bits per heavy atom. The zero-order valence-corrected chi connectivity index (χ0v) is 14.0. The maximum Gasteiger partial charge on any atom is 0.255 e. The van der Waals surface area contributed by atoms with Crippen LogP contribution in [0.25, 0.3) is 0 Å². The number of aryl methyl sites for hydroxylation is 1. The first-order valence-corrected chi connectivity index (χ1v) is 8.04. The van der Waals surface area contributed by atoms with Crippen molar-refractivity contribution in [3.63, 3.8) is 0 Å². The average molecular weight is 326 g/mol. The van der Waals surface area contributed by atoms with Crippen LogP contribution in [0, 0.1) is 0 Å². The van der Waals surface area contributed by atoms with Gasteiger partial charge in [0.15, 0.2) is 11.5 Å². The molecule has 2 aromatic carbocycles. The van der Waals surface area contributed by atoms with Gasteiger partial charge in [-0.2, -0.15) is 0 Å². The smallest absolute Gasteiger partial charge is 0.255 e. The number of amides is 1. The van der Waals surface area contributed by atoms with E-state index < -0.39 is 0 Å². The zero-order chi connectivity index (χ0) is 17.1. The van der Waals surface area contributed by atoms with E-state index in [-0.39, 0.29) is 11.9 Å². The van der Waals surface area contributed by atoms with Crippen LogP contribution < -0.4 is 20.5 Å². The molecule has 126 valence electrons. The van der Waals surface area contributed by atoms with Crippen LogP contribution in [-0.2, 0) is 6.42 Å². The summed E-state index contributed by atoms with van der Waals surface area (Å²) in [6.45, 7) is 0. The van der Waals surface area contributed by atoms with E-state index in [1.165, 1.54) is 12.7 Å². The van der Waals surface area contributed by atoms with Gasteiger partial charge in [-0.05, 0) is 54.7 Å². The van der Waals surface area contributed by atoms with Gasteiger partial charge in [0.25, 0.3) is 5.91 Å². The minimum absolute atomic E-state index is 0.0160. The van der Waals surface area contributed by atoms with Gasteiger partial charge in [0.1, 0.15) is 0 Å². The molecule has 1 atom stereocenters. The fourth-order valence-electron chi connectivity index (χ4n) is 3.29. The maximum atomic E-state index is 12.8. The number of carbonyl (C=O) groups is 1. The maximum absolute atomic E-state index is 12.8. The third kappa shape index (κ3) is 3.02. The molecule has 5 nitrogen and oxygen atoms in total. The number of methoxy groups -OCH3 is 2. The predicted octanol–water partition coefficient (Wildman–Crippen LogP) is 3.09. The molecule has 3 rings (SSSR count).